The molecule has 0 bridgehead atoms. The minimum absolute atomic E-state index is 0.0206. The van der Waals surface area contributed by atoms with E-state index in [9.17, 15) is 19.5 Å². The quantitative estimate of drug-likeness (QED) is 0.450. The molecule has 0 aliphatic carbocycles. The van der Waals surface area contributed by atoms with Gasteiger partial charge in [0.1, 0.15) is 11.4 Å². The van der Waals surface area contributed by atoms with Crippen LogP contribution in [0.4, 0.5) is 17.1 Å². The number of para-hydroxylation sites is 1. The summed E-state index contributed by atoms with van der Waals surface area (Å²) in [6.45, 7) is 6.05. The summed E-state index contributed by atoms with van der Waals surface area (Å²) in [5.41, 5.74) is 0.338. The van der Waals surface area contributed by atoms with Crippen LogP contribution in [0, 0.1) is 0 Å². The Labute approximate surface area is 209 Å². The second-order valence-electron chi connectivity index (χ2n) is 7.98. The molecule has 1 fully saturated rings. The third-order valence-corrected chi connectivity index (χ3v) is 5.85. The van der Waals surface area contributed by atoms with Crippen LogP contribution >= 0.6 is 0 Å². The van der Waals surface area contributed by atoms with Gasteiger partial charge in [-0.2, -0.15) is 0 Å². The Bertz CT molecular complexity index is 1310. The molecule has 2 aromatic carbocycles. The van der Waals surface area contributed by atoms with Crippen molar-refractivity contribution in [3.63, 3.8) is 0 Å². The van der Waals surface area contributed by atoms with E-state index in [4.69, 9.17) is 4.74 Å². The van der Waals surface area contributed by atoms with Crippen LogP contribution in [-0.2, 0) is 25.4 Å². The van der Waals surface area contributed by atoms with Gasteiger partial charge in [0.25, 0.3) is 17.0 Å². The van der Waals surface area contributed by atoms with Gasteiger partial charge in [-0.25, -0.2) is 9.36 Å². The zero-order valence-electron chi connectivity index (χ0n) is 21.1. The van der Waals surface area contributed by atoms with Crippen molar-refractivity contribution in [1.82, 2.24) is 14.3 Å². The van der Waals surface area contributed by atoms with Crippen molar-refractivity contribution in [1.29, 1.82) is 0 Å². The molecule has 1 aliphatic rings. The summed E-state index contributed by atoms with van der Waals surface area (Å²) in [6, 6.07) is 14.1. The van der Waals surface area contributed by atoms with E-state index >= 15 is 0 Å². The number of benzene rings is 2. The summed E-state index contributed by atoms with van der Waals surface area (Å²) in [7, 11) is 2.98. The van der Waals surface area contributed by atoms with Crippen molar-refractivity contribution < 1.29 is 14.6 Å². The van der Waals surface area contributed by atoms with Crippen LogP contribution in [0.5, 0.6) is 5.75 Å². The molecule has 36 heavy (non-hydrogen) atoms. The van der Waals surface area contributed by atoms with Gasteiger partial charge >= 0.3 is 0 Å². The van der Waals surface area contributed by atoms with Crippen LogP contribution in [0.1, 0.15) is 29.8 Å². The number of rotatable bonds is 6. The highest BCUT2D eigenvalue weighted by molar-refractivity contribution is 5.99. The molecule has 0 spiro atoms. The molecular formula is C26H33N5O5. The van der Waals surface area contributed by atoms with Crippen molar-refractivity contribution >= 4 is 23.0 Å². The number of carbonyl (C=O) groups excluding carboxylic acids is 1. The number of nitrogens with zero attached hydrogens (tertiary/aromatic N) is 3. The Hall–Kier alpha value is -4.05. The third-order valence-electron chi connectivity index (χ3n) is 5.85. The second-order valence-corrected chi connectivity index (χ2v) is 7.98. The van der Waals surface area contributed by atoms with Crippen molar-refractivity contribution in [2.75, 3.05) is 36.9 Å². The Morgan fingerprint density at radius 1 is 0.917 bits per heavy atom. The predicted octanol–water partition coefficient (Wildman–Crippen LogP) is 2.64. The van der Waals surface area contributed by atoms with Crippen LogP contribution in [0.3, 0.4) is 0 Å². The molecule has 0 radical (unpaired) electrons. The number of phenols is 1. The summed E-state index contributed by atoms with van der Waals surface area (Å²) in [5.74, 6) is -0.625. The van der Waals surface area contributed by atoms with Crippen LogP contribution in [0.25, 0.3) is 0 Å². The first-order valence-corrected chi connectivity index (χ1v) is 11.9. The molecule has 1 aliphatic heterocycles. The Balaban J connectivity index is 0.00000176. The highest BCUT2D eigenvalue weighted by Crippen LogP contribution is 2.32. The van der Waals surface area contributed by atoms with Gasteiger partial charge < -0.3 is 25.4 Å². The fraction of sp³-hybridized carbons (Fsp3) is 0.346. The molecular weight excluding hydrogens is 462 g/mol. The topological polar surface area (TPSA) is 118 Å². The van der Waals surface area contributed by atoms with E-state index in [0.29, 0.717) is 32.8 Å². The number of aromatic nitrogens is 2. The molecule has 10 nitrogen and oxygen atoms in total. The van der Waals surface area contributed by atoms with Crippen molar-refractivity contribution in [2.24, 2.45) is 14.1 Å². The number of hydrogen-bond acceptors (Lipinski definition) is 7. The normalized spacial score (nSPS) is 12.9. The maximum atomic E-state index is 13.1. The van der Waals surface area contributed by atoms with E-state index in [0.717, 1.165) is 5.56 Å². The molecule has 0 saturated carbocycles. The van der Waals surface area contributed by atoms with E-state index in [1.165, 1.54) is 29.5 Å². The van der Waals surface area contributed by atoms with Gasteiger partial charge in [0.2, 0.25) is 0 Å². The highest BCUT2D eigenvalue weighted by Gasteiger charge is 2.24. The zero-order chi connectivity index (χ0) is 26.2. The number of anilines is 3. The van der Waals surface area contributed by atoms with Gasteiger partial charge in [-0.1, -0.05) is 50.2 Å². The van der Waals surface area contributed by atoms with Crippen LogP contribution in [0.15, 0.2) is 58.1 Å². The summed E-state index contributed by atoms with van der Waals surface area (Å²) in [4.78, 5) is 40.6. The fourth-order valence-corrected chi connectivity index (χ4v) is 3.76. The van der Waals surface area contributed by atoms with E-state index in [1.54, 1.807) is 17.0 Å². The summed E-state index contributed by atoms with van der Waals surface area (Å²) >= 11 is 0. The maximum Gasteiger partial charge on any atom is 0.290 e. The van der Waals surface area contributed by atoms with Crippen molar-refractivity contribution in [3.05, 3.63) is 80.4 Å². The van der Waals surface area contributed by atoms with Gasteiger partial charge in [-0.15, -0.1) is 0 Å². The lowest BCUT2D eigenvalue weighted by Gasteiger charge is -2.27. The van der Waals surface area contributed by atoms with Crippen LogP contribution in [0.2, 0.25) is 0 Å². The summed E-state index contributed by atoms with van der Waals surface area (Å²) < 4.78 is 7.67. The Morgan fingerprint density at radius 3 is 2.17 bits per heavy atom. The standard InChI is InChI=1S/C24H27N5O5.C2H6/c1-27-23(32)19(25-15-16-7-4-3-5-8-16)20(24(33)28(27)2)26-18-10-6-9-17(21(18)30)22(31)29-11-13-34-14-12-29;1-2/h3-10,25-26,30H,11-15H2,1-2H3;1-2H3. The number of aromatic hydroxyl groups is 1. The summed E-state index contributed by atoms with van der Waals surface area (Å²) in [6.07, 6.45) is 0. The summed E-state index contributed by atoms with van der Waals surface area (Å²) in [5, 5.41) is 16.8. The van der Waals surface area contributed by atoms with Gasteiger partial charge in [-0.05, 0) is 17.7 Å². The van der Waals surface area contributed by atoms with E-state index in [2.05, 4.69) is 10.6 Å². The largest absolute Gasteiger partial charge is 0.505 e. The number of nitrogens with one attached hydrogen (secondary N) is 2. The fourth-order valence-electron chi connectivity index (χ4n) is 3.76. The van der Waals surface area contributed by atoms with E-state index in [1.807, 2.05) is 44.2 Å². The average Bonchev–Trinajstić information content (AvgIpc) is 2.93. The first-order valence-electron chi connectivity index (χ1n) is 11.9. The zero-order valence-corrected chi connectivity index (χ0v) is 21.1. The molecule has 1 saturated heterocycles. The molecule has 0 atom stereocenters. The van der Waals surface area contributed by atoms with Crippen molar-refractivity contribution in [3.8, 4) is 5.75 Å². The molecule has 2 heterocycles. The minimum atomic E-state index is -0.470. The molecule has 3 aromatic rings. The molecule has 10 heteroatoms. The monoisotopic (exact) mass is 495 g/mol. The first kappa shape index (κ1) is 26.6. The average molecular weight is 496 g/mol. The SMILES string of the molecule is CC.Cn1c(=O)c(NCc2ccccc2)c(Nc2cccc(C(=O)N3CCOCC3)c2O)c(=O)n1C. The number of carbonyl (C=O) groups is 1. The third kappa shape index (κ3) is 5.60. The van der Waals surface area contributed by atoms with Gasteiger partial charge in [0, 0.05) is 33.7 Å². The number of morpholine rings is 1. The Kier molecular flexibility index (Phi) is 8.91. The smallest absolute Gasteiger partial charge is 0.290 e. The predicted molar refractivity (Wildman–Crippen MR) is 140 cm³/mol. The number of hydrogen-bond donors (Lipinski definition) is 3. The molecule has 1 amide bonds. The van der Waals surface area contributed by atoms with Crippen molar-refractivity contribution in [2.45, 2.75) is 20.4 Å². The van der Waals surface area contributed by atoms with E-state index in [-0.39, 0.29) is 34.3 Å². The highest BCUT2D eigenvalue weighted by atomic mass is 16.5. The molecule has 0 unspecified atom stereocenters. The molecule has 1 aromatic heterocycles. The number of ether oxygens (including phenoxy) is 1. The van der Waals surface area contributed by atoms with Gasteiger partial charge in [0.15, 0.2) is 5.75 Å². The van der Waals surface area contributed by atoms with Gasteiger partial charge in [-0.3, -0.25) is 14.4 Å². The first-order chi connectivity index (χ1) is 17.4. The maximum absolute atomic E-state index is 13.1. The minimum Gasteiger partial charge on any atom is -0.505 e. The lowest BCUT2D eigenvalue weighted by atomic mass is 10.1. The lowest BCUT2D eigenvalue weighted by Crippen LogP contribution is -2.40. The Morgan fingerprint density at radius 2 is 1.53 bits per heavy atom. The molecule has 4 rings (SSSR count). The molecule has 3 N–H and O–H groups in total. The number of amides is 1. The lowest BCUT2D eigenvalue weighted by molar-refractivity contribution is 0.0301. The molecule has 192 valence electrons. The van der Waals surface area contributed by atoms with E-state index < -0.39 is 11.1 Å². The van der Waals surface area contributed by atoms with Crippen LogP contribution in [-0.4, -0.2) is 51.6 Å². The second kappa shape index (κ2) is 12.1. The van der Waals surface area contributed by atoms with Gasteiger partial charge in [0.05, 0.1) is 24.5 Å². The number of phenolic OH excluding ortho intramolecular Hbond substituents is 1. The van der Waals surface area contributed by atoms with Crippen LogP contribution < -0.4 is 21.8 Å².